The van der Waals surface area contributed by atoms with Gasteiger partial charge in [-0.05, 0) is 57.4 Å². The lowest BCUT2D eigenvalue weighted by molar-refractivity contribution is 0.196. The van der Waals surface area contributed by atoms with E-state index >= 15 is 0 Å². The Hall–Kier alpha value is -1.87. The number of aliphatic imine (C=N–C) groups is 1. The Morgan fingerprint density at radius 3 is 2.61 bits per heavy atom. The molecule has 31 heavy (non-hydrogen) atoms. The third-order valence-electron chi connectivity index (χ3n) is 5.31. The van der Waals surface area contributed by atoms with Crippen LogP contribution in [-0.4, -0.2) is 54.2 Å². The molecule has 2 aromatic rings. The number of hydrogen-bond acceptors (Lipinski definition) is 4. The molecule has 2 N–H and O–H groups in total. The Labute approximate surface area is 203 Å². The van der Waals surface area contributed by atoms with Crippen LogP contribution < -0.4 is 15.4 Å². The van der Waals surface area contributed by atoms with Crippen molar-refractivity contribution in [2.75, 3.05) is 26.2 Å². The van der Waals surface area contributed by atoms with Gasteiger partial charge in [-0.15, -0.1) is 24.0 Å². The highest BCUT2D eigenvalue weighted by Crippen LogP contribution is 2.18. The lowest BCUT2D eigenvalue weighted by Gasteiger charge is -2.33. The maximum absolute atomic E-state index is 6.06. The fourth-order valence-electron chi connectivity index (χ4n) is 3.63. The number of para-hydroxylation sites is 1. The predicted molar refractivity (Wildman–Crippen MR) is 138 cm³/mol. The van der Waals surface area contributed by atoms with Crippen LogP contribution in [0.2, 0.25) is 0 Å². The number of aryl methyl sites for hydroxylation is 1. The Balaban J connectivity index is 0.00000341. The number of nitrogens with one attached hydrogen (secondary N) is 2. The summed E-state index contributed by atoms with van der Waals surface area (Å²) in [5, 5.41) is 6.98. The van der Waals surface area contributed by atoms with Crippen molar-refractivity contribution >= 4 is 29.9 Å². The number of ether oxygens (including phenoxy) is 1. The maximum atomic E-state index is 6.06. The van der Waals surface area contributed by atoms with E-state index in [0.29, 0.717) is 12.6 Å². The summed E-state index contributed by atoms with van der Waals surface area (Å²) in [5.74, 6) is 1.80. The predicted octanol–water partition coefficient (Wildman–Crippen LogP) is 4.00. The molecule has 6 nitrogen and oxygen atoms in total. The van der Waals surface area contributed by atoms with Crippen molar-refractivity contribution in [3.05, 3.63) is 59.9 Å². The lowest BCUT2D eigenvalue weighted by atomic mass is 10.0. The Bertz CT molecular complexity index is 794. The van der Waals surface area contributed by atoms with Crippen molar-refractivity contribution in [3.8, 4) is 5.75 Å². The first-order valence-corrected chi connectivity index (χ1v) is 11.0. The monoisotopic (exact) mass is 537 g/mol. The second-order valence-corrected chi connectivity index (χ2v) is 7.93. The molecule has 1 aliphatic heterocycles. The SMILES string of the molecule is CCNC(=NCC(C)Oc1ccccc1C)NC1CCN(Cc2ccccn2)CC1.I. The van der Waals surface area contributed by atoms with Gasteiger partial charge in [-0.3, -0.25) is 9.88 Å². The van der Waals surface area contributed by atoms with Crippen molar-refractivity contribution in [1.29, 1.82) is 0 Å². The van der Waals surface area contributed by atoms with E-state index in [1.165, 1.54) is 0 Å². The van der Waals surface area contributed by atoms with Gasteiger partial charge < -0.3 is 15.4 Å². The molecule has 0 saturated carbocycles. The van der Waals surface area contributed by atoms with Crippen molar-refractivity contribution in [2.24, 2.45) is 4.99 Å². The molecule has 7 heteroatoms. The number of aromatic nitrogens is 1. The number of guanidine groups is 1. The van der Waals surface area contributed by atoms with Crippen molar-refractivity contribution in [1.82, 2.24) is 20.5 Å². The minimum atomic E-state index is 0. The number of rotatable bonds is 8. The zero-order chi connectivity index (χ0) is 21.2. The topological polar surface area (TPSA) is 61.8 Å². The van der Waals surface area contributed by atoms with E-state index in [4.69, 9.17) is 9.73 Å². The fourth-order valence-corrected chi connectivity index (χ4v) is 3.63. The third-order valence-corrected chi connectivity index (χ3v) is 5.31. The summed E-state index contributed by atoms with van der Waals surface area (Å²) < 4.78 is 6.06. The summed E-state index contributed by atoms with van der Waals surface area (Å²) >= 11 is 0. The number of benzene rings is 1. The van der Waals surface area contributed by atoms with E-state index in [-0.39, 0.29) is 30.1 Å². The molecular formula is C24H36IN5O. The van der Waals surface area contributed by atoms with Crippen LogP contribution in [0.1, 0.15) is 37.9 Å². The Kier molecular flexibility index (Phi) is 11.1. The van der Waals surface area contributed by atoms with Gasteiger partial charge in [-0.2, -0.15) is 0 Å². The van der Waals surface area contributed by atoms with Gasteiger partial charge in [0.05, 0.1) is 12.2 Å². The molecule has 1 aromatic carbocycles. The van der Waals surface area contributed by atoms with Gasteiger partial charge in [0.25, 0.3) is 0 Å². The van der Waals surface area contributed by atoms with E-state index in [2.05, 4.69) is 59.5 Å². The van der Waals surface area contributed by atoms with Crippen LogP contribution in [0.5, 0.6) is 5.75 Å². The zero-order valence-electron chi connectivity index (χ0n) is 18.9. The molecule has 0 amide bonds. The first-order valence-electron chi connectivity index (χ1n) is 11.0. The second-order valence-electron chi connectivity index (χ2n) is 7.93. The third kappa shape index (κ3) is 8.65. The Morgan fingerprint density at radius 2 is 1.94 bits per heavy atom. The molecule has 0 spiro atoms. The van der Waals surface area contributed by atoms with Crippen LogP contribution in [0.25, 0.3) is 0 Å². The van der Waals surface area contributed by atoms with E-state index in [9.17, 15) is 0 Å². The number of halogens is 1. The summed E-state index contributed by atoms with van der Waals surface area (Å²) in [5.41, 5.74) is 2.29. The summed E-state index contributed by atoms with van der Waals surface area (Å²) in [4.78, 5) is 11.7. The molecule has 2 heterocycles. The highest BCUT2D eigenvalue weighted by Gasteiger charge is 2.20. The second kappa shape index (κ2) is 13.5. The number of likely N-dealkylation sites (tertiary alicyclic amines) is 1. The van der Waals surface area contributed by atoms with Gasteiger partial charge in [0.15, 0.2) is 5.96 Å². The van der Waals surface area contributed by atoms with E-state index in [0.717, 1.165) is 62.0 Å². The van der Waals surface area contributed by atoms with Gasteiger partial charge in [0, 0.05) is 38.4 Å². The minimum Gasteiger partial charge on any atom is -0.489 e. The molecule has 0 radical (unpaired) electrons. The normalized spacial score (nSPS) is 16.3. The molecule has 1 saturated heterocycles. The summed E-state index contributed by atoms with van der Waals surface area (Å²) in [6, 6.07) is 14.7. The molecule has 170 valence electrons. The fraction of sp³-hybridized carbons (Fsp3) is 0.500. The van der Waals surface area contributed by atoms with Gasteiger partial charge in [0.1, 0.15) is 11.9 Å². The average Bonchev–Trinajstić information content (AvgIpc) is 2.76. The molecule has 1 fully saturated rings. The van der Waals surface area contributed by atoms with Crippen molar-refractivity contribution < 1.29 is 4.74 Å². The van der Waals surface area contributed by atoms with Gasteiger partial charge in [-0.25, -0.2) is 4.99 Å². The first kappa shape index (κ1) is 25.4. The van der Waals surface area contributed by atoms with E-state index < -0.39 is 0 Å². The average molecular weight is 537 g/mol. The van der Waals surface area contributed by atoms with Crippen LogP contribution in [-0.2, 0) is 6.54 Å². The summed E-state index contributed by atoms with van der Waals surface area (Å²) in [6.07, 6.45) is 4.09. The molecular weight excluding hydrogens is 501 g/mol. The van der Waals surface area contributed by atoms with Crippen LogP contribution in [0.3, 0.4) is 0 Å². The maximum Gasteiger partial charge on any atom is 0.191 e. The number of pyridine rings is 1. The number of piperidine rings is 1. The lowest BCUT2D eigenvalue weighted by Crippen LogP contribution is -2.48. The summed E-state index contributed by atoms with van der Waals surface area (Å²) in [7, 11) is 0. The number of nitrogens with zero attached hydrogens (tertiary/aromatic N) is 3. The van der Waals surface area contributed by atoms with Gasteiger partial charge in [0.2, 0.25) is 0 Å². The van der Waals surface area contributed by atoms with Gasteiger partial charge >= 0.3 is 0 Å². The molecule has 3 rings (SSSR count). The quantitative estimate of drug-likeness (QED) is 0.303. The molecule has 0 bridgehead atoms. The Morgan fingerprint density at radius 1 is 1.19 bits per heavy atom. The van der Waals surface area contributed by atoms with E-state index in [1.54, 1.807) is 0 Å². The molecule has 1 aromatic heterocycles. The molecule has 0 aliphatic carbocycles. The standard InChI is InChI=1S/C24H35N5O.HI/c1-4-25-24(27-17-20(3)30-23-11-6-5-9-19(23)2)28-21-12-15-29(16-13-21)18-22-10-7-8-14-26-22;/h5-11,14,20-21H,4,12-13,15-18H2,1-3H3,(H2,25,27,28);1H. The first-order chi connectivity index (χ1) is 14.6. The van der Waals surface area contributed by atoms with Gasteiger partial charge in [-0.1, -0.05) is 24.3 Å². The highest BCUT2D eigenvalue weighted by atomic mass is 127. The van der Waals surface area contributed by atoms with Crippen molar-refractivity contribution in [3.63, 3.8) is 0 Å². The minimum absolute atomic E-state index is 0. The molecule has 1 aliphatic rings. The van der Waals surface area contributed by atoms with Crippen molar-refractivity contribution in [2.45, 2.75) is 52.3 Å². The largest absolute Gasteiger partial charge is 0.489 e. The van der Waals surface area contributed by atoms with Crippen LogP contribution in [0.4, 0.5) is 0 Å². The number of hydrogen-bond donors (Lipinski definition) is 2. The van der Waals surface area contributed by atoms with Crippen LogP contribution in [0, 0.1) is 6.92 Å². The van der Waals surface area contributed by atoms with Crippen LogP contribution >= 0.6 is 24.0 Å². The van der Waals surface area contributed by atoms with Crippen LogP contribution in [0.15, 0.2) is 53.7 Å². The summed E-state index contributed by atoms with van der Waals surface area (Å²) in [6.45, 7) is 10.8. The molecule has 1 atom stereocenters. The van der Waals surface area contributed by atoms with E-state index in [1.807, 2.05) is 30.5 Å². The highest BCUT2D eigenvalue weighted by molar-refractivity contribution is 14.0. The molecule has 1 unspecified atom stereocenters. The smallest absolute Gasteiger partial charge is 0.191 e. The zero-order valence-corrected chi connectivity index (χ0v) is 21.2.